The predicted molar refractivity (Wildman–Crippen MR) is 450 cm³/mol. The first kappa shape index (κ1) is 93.2. The normalized spacial score (nSPS) is 32.0. The zero-order valence-corrected chi connectivity index (χ0v) is 71.8. The van der Waals surface area contributed by atoms with E-state index >= 15 is 0 Å². The van der Waals surface area contributed by atoms with E-state index in [-0.39, 0.29) is 69.7 Å². The van der Waals surface area contributed by atoms with Crippen LogP contribution in [-0.4, -0.2) is 344 Å². The highest BCUT2D eigenvalue weighted by atomic mass is 127. The molecule has 10 heterocycles. The van der Waals surface area contributed by atoms with Gasteiger partial charge in [-0.2, -0.15) is 0 Å². The van der Waals surface area contributed by atoms with E-state index in [0.29, 0.717) is 30.3 Å². The topological polar surface area (TPSA) is 391 Å². The van der Waals surface area contributed by atoms with Crippen LogP contribution in [0.2, 0.25) is 0 Å². The number of aliphatic hydroxyl groups excluding tert-OH is 8. The molecular weight excluding hydrogens is 1620 g/mol. The maximum absolute atomic E-state index is 12.1. The second kappa shape index (κ2) is 39.1. The summed E-state index contributed by atoms with van der Waals surface area (Å²) in [7, 11) is 2.89. The first-order chi connectivity index (χ1) is 50.4. The number of halogens is 1. The van der Waals surface area contributed by atoms with Gasteiger partial charge in [-0.25, -0.2) is 4.79 Å². The number of rotatable bonds is 22. The number of amides is 4. The van der Waals surface area contributed by atoms with Crippen molar-refractivity contribution < 1.29 is 88.5 Å². The zero-order valence-electron chi connectivity index (χ0n) is 65.2. The van der Waals surface area contributed by atoms with Crippen LogP contribution in [-0.2, 0) is 54.6 Å². The van der Waals surface area contributed by atoms with Gasteiger partial charge in [-0.3, -0.25) is 33.1 Å². The van der Waals surface area contributed by atoms with E-state index in [1.54, 1.807) is 40.4 Å². The van der Waals surface area contributed by atoms with Gasteiger partial charge >= 0.3 is 5.69 Å². The molecule has 10 rings (SSSR count). The number of carbonyl (C=O) groups excluding carboxylic acids is 4. The third-order valence-corrected chi connectivity index (χ3v) is 27.8. The highest BCUT2D eigenvalue weighted by molar-refractivity contribution is 14.1. The maximum atomic E-state index is 12.1. The minimum Gasteiger partial charge on any atom is -0.391 e. The number of hydrogen-bond donors (Lipinski definition) is 12. The Morgan fingerprint density at radius 1 is 0.468 bits per heavy atom. The Balaban J connectivity index is 0.000000213. The highest BCUT2D eigenvalue weighted by Crippen LogP contribution is 2.45. The summed E-state index contributed by atoms with van der Waals surface area (Å²) in [5.41, 5.74) is -0.889. The van der Waals surface area contributed by atoms with Crippen molar-refractivity contribution in [2.24, 2.45) is 13.0 Å². The number of aromatic nitrogens is 2. The van der Waals surface area contributed by atoms with Gasteiger partial charge in [-0.15, -0.1) is 65.9 Å². The molecule has 30 nitrogen and oxygen atoms in total. The molecule has 0 spiro atoms. The minimum absolute atomic E-state index is 0.0577. The number of carbonyl (C=O) groups is 4. The zero-order chi connectivity index (χ0) is 82.1. The van der Waals surface area contributed by atoms with Gasteiger partial charge in [0.25, 0.3) is 29.2 Å². The molecule has 0 saturated carbocycles. The number of aliphatic hydroxyl groups is 8. The fourth-order valence-corrected chi connectivity index (χ4v) is 18.5. The molecule has 20 atom stereocenters. The average molecular weight is 1740 g/mol. The van der Waals surface area contributed by atoms with Crippen LogP contribution in [0.3, 0.4) is 0 Å². The summed E-state index contributed by atoms with van der Waals surface area (Å²) < 4.78 is 36.9. The molecule has 614 valence electrons. The Labute approximate surface area is 655 Å². The van der Waals surface area contributed by atoms with E-state index in [2.05, 4.69) is 168 Å². The van der Waals surface area contributed by atoms with Crippen LogP contribution < -0.4 is 32.5 Å². The monoisotopic (exact) mass is 1740 g/mol. The highest BCUT2D eigenvalue weighted by Gasteiger charge is 2.51. The summed E-state index contributed by atoms with van der Waals surface area (Å²) >= 11 is 2.20. The predicted octanol–water partition coefficient (Wildman–Crippen LogP) is 1.80. The standard InChI is InChI=1S/C15H25N2O5P.C15H25N2O4P.C15H25N2O3P.C14H22IN2O3P.C14H23N2O5P/c1-9-16-14(21)10(8-18)7-17(9)15-13(20)12(19)11(22-15)5-6-23(2,3)4;1-10-16-12(18)6-8-17(10)15-14(20-2)13(19)11(21-15)7-9-22(3,4)5;1-10-14(19)12(7-9-21(3,4)5)20-15(10)17-8-6-13(18)16-11(17)2;1-9-16-11(18)5-7-17(9)14-12(15)13(19)10(20-14)6-8-21(2,3)4;1-15-10(17)5-7-16(14(15)20)13-12(19)11(18)9(21-13)6-8-22(2,3)4/h7,11-13,15,18-20H,1-2,5-6,8H2,3-4H3,(H,16,21);6,8,11,13-15,19H,1,3,7,9H2,2,4-5H3,(H,16,18);6,8,10,12,14-15,19H,2-3,7,9H2,1,4-5H3,(H,16,18);5,7,10,12-14,19H,1-2,6,8H2,3-4H3,(H,16,18);5,7,9,11-13,18-19H,2,6,8H2,1,3-4H3/t11-,12-,13-,15?;11-,13-,14-,15?;10-,12-,14+,15?;10-,12-,13-,14?;9-,11-,12-,13?/m11111/s1. The van der Waals surface area contributed by atoms with Crippen molar-refractivity contribution in [2.75, 3.05) is 111 Å². The molecular formula is C73H120IN10O20P5. The average Bonchev–Trinajstić information content (AvgIpc) is 1.70. The number of ether oxygens (including phenoxy) is 6. The summed E-state index contributed by atoms with van der Waals surface area (Å²) in [6.07, 6.45) is 29.3. The van der Waals surface area contributed by atoms with E-state index in [0.717, 1.165) is 59.2 Å². The molecule has 0 radical (unpaired) electrons. The second-order valence-electron chi connectivity index (χ2n) is 32.0. The van der Waals surface area contributed by atoms with Crippen molar-refractivity contribution in [3.05, 3.63) is 131 Å². The fourth-order valence-electron chi connectivity index (χ4n) is 12.7. The van der Waals surface area contributed by atoms with Crippen LogP contribution in [0, 0.1) is 5.92 Å². The van der Waals surface area contributed by atoms with E-state index in [1.165, 1.54) is 48.6 Å². The quantitative estimate of drug-likeness (QED) is 0.0447. The summed E-state index contributed by atoms with van der Waals surface area (Å²) in [4.78, 5) is 75.7. The van der Waals surface area contributed by atoms with Gasteiger partial charge in [0, 0.05) is 75.4 Å². The van der Waals surface area contributed by atoms with E-state index in [9.17, 15) is 69.6 Å². The molecule has 12 N–H and O–H groups in total. The van der Waals surface area contributed by atoms with Gasteiger partial charge < -0.3 is 110 Å². The van der Waals surface area contributed by atoms with Crippen molar-refractivity contribution in [3.63, 3.8) is 0 Å². The molecule has 5 fully saturated rings. The Morgan fingerprint density at radius 2 is 0.807 bits per heavy atom. The number of nitrogens with zero attached hydrogens (tertiary/aromatic N) is 6. The SMILES string of the molecule is C=C1NC(=O)C(CO)=CN1C1O[C@H](CCP(=C)(C)C)[C@@H](O)[C@H]1O.C=C1NC(=O)C=CN1C1O[C@H](CCP(=C)(C)C)[C@@H](O)[C@H]1C.C=C1NC(=O)C=CN1C1O[C@H](CCP(=C)(C)C)[C@@H](O)[C@H]1I.C=C1NC(=O)C=CN1C1O[C@H](CCP(=C)(C)C)[C@@H](O)[C@H]1OC.C=P(C)(C)CC[C@H]1OC(n2ccc(=O)n(C)c2=O)[C@H](O)[C@@H]1O. The number of hydrogen-bond acceptors (Lipinski definition) is 24. The molecule has 5 unspecified atom stereocenters. The first-order valence-electron chi connectivity index (χ1n) is 35.7. The van der Waals surface area contributed by atoms with Crippen molar-refractivity contribution in [1.29, 1.82) is 0 Å². The van der Waals surface area contributed by atoms with Crippen molar-refractivity contribution in [1.82, 2.24) is 50.0 Å². The van der Waals surface area contributed by atoms with E-state index < -0.39 is 138 Å². The largest absolute Gasteiger partial charge is 0.391 e. The molecule has 1 aromatic rings. The lowest BCUT2D eigenvalue weighted by Crippen LogP contribution is -2.48. The summed E-state index contributed by atoms with van der Waals surface area (Å²) in [5.74, 6) is 0.492. The molecule has 9 aliphatic heterocycles. The lowest BCUT2D eigenvalue weighted by atomic mass is 10.00. The molecule has 36 heteroatoms. The number of alkyl halides is 1. The Hall–Kier alpha value is -4.65. The molecule has 109 heavy (non-hydrogen) atoms. The third kappa shape index (κ3) is 26.2. The lowest BCUT2D eigenvalue weighted by Gasteiger charge is -2.34. The smallest absolute Gasteiger partial charge is 0.332 e. The van der Waals surface area contributed by atoms with Crippen molar-refractivity contribution in [2.45, 2.75) is 153 Å². The van der Waals surface area contributed by atoms with Gasteiger partial charge in [-0.1, -0.05) is 55.8 Å². The number of methoxy groups -OCH3 is 1. The van der Waals surface area contributed by atoms with Gasteiger partial charge in [0.1, 0.15) is 72.4 Å². The molecule has 5 saturated heterocycles. The van der Waals surface area contributed by atoms with Crippen LogP contribution in [0.1, 0.15) is 45.3 Å². The van der Waals surface area contributed by atoms with Crippen LogP contribution in [0.25, 0.3) is 0 Å². The molecule has 0 aromatic carbocycles. The number of nitrogens with one attached hydrogen (secondary N) is 4. The Bertz CT molecular complexity index is 3900. The van der Waals surface area contributed by atoms with Crippen LogP contribution in [0.15, 0.2) is 120 Å². The molecule has 0 bridgehead atoms. The van der Waals surface area contributed by atoms with Gasteiger partial charge in [0.2, 0.25) is 0 Å². The lowest BCUT2D eigenvalue weighted by molar-refractivity contribution is -0.120. The molecule has 1 aromatic heterocycles. The Kier molecular flexibility index (Phi) is 33.5. The molecule has 4 amide bonds. The maximum Gasteiger partial charge on any atom is 0.332 e. The molecule has 0 aliphatic carbocycles. The van der Waals surface area contributed by atoms with Crippen LogP contribution in [0.5, 0.6) is 0 Å². The minimum atomic E-state index is -1.27. The summed E-state index contributed by atoms with van der Waals surface area (Å²) in [6, 6.07) is 1.22. The van der Waals surface area contributed by atoms with Crippen molar-refractivity contribution in [3.8, 4) is 0 Å². The third-order valence-electron chi connectivity index (χ3n) is 19.1. The first-order valence-corrected chi connectivity index (χ1v) is 52.2. The van der Waals surface area contributed by atoms with E-state index in [1.807, 2.05) is 6.92 Å². The van der Waals surface area contributed by atoms with Gasteiger partial charge in [0.05, 0.1) is 58.8 Å². The van der Waals surface area contributed by atoms with E-state index in [4.69, 9.17) is 28.4 Å². The summed E-state index contributed by atoms with van der Waals surface area (Å²) in [5, 5.41) is 91.7. The molecule has 9 aliphatic rings. The van der Waals surface area contributed by atoms with Crippen LogP contribution in [0.4, 0.5) is 0 Å². The fraction of sp³-hybridized carbons (Fsp3) is 0.603. The van der Waals surface area contributed by atoms with Gasteiger partial charge in [0.15, 0.2) is 18.7 Å². The summed E-state index contributed by atoms with van der Waals surface area (Å²) in [6.45, 7) is 32.2. The van der Waals surface area contributed by atoms with Gasteiger partial charge in [-0.05, 0) is 130 Å². The Morgan fingerprint density at radius 3 is 1.21 bits per heavy atom. The van der Waals surface area contributed by atoms with Crippen LogP contribution >= 0.6 is 57.0 Å². The second-order valence-corrected chi connectivity index (χ2v) is 55.0. The van der Waals surface area contributed by atoms with Crippen molar-refractivity contribution >= 4 is 112 Å².